The first-order valence-electron chi connectivity index (χ1n) is 13.5. The SMILES string of the molecule is Cc1c(N2C(=O)/C(=C\c3c(N4CCN(CCO)CC4)nc4ccccn4c3=O)SC2=S)c(=O)n(-c2ccccc2)n1C. The fourth-order valence-electron chi connectivity index (χ4n) is 5.39. The maximum atomic E-state index is 13.9. The highest BCUT2D eigenvalue weighted by Crippen LogP contribution is 2.37. The number of β-amino-alcohol motifs (C(OH)–C–C–N with tert-alkyl or cyclic N) is 1. The second kappa shape index (κ2) is 11.3. The van der Waals surface area contributed by atoms with Crippen LogP contribution in [0.15, 0.2) is 69.2 Å². The van der Waals surface area contributed by atoms with Crippen molar-refractivity contribution < 1.29 is 9.90 Å². The van der Waals surface area contributed by atoms with Crippen LogP contribution in [0.2, 0.25) is 0 Å². The molecular formula is C29H29N7O4S2. The lowest BCUT2D eigenvalue weighted by Crippen LogP contribution is -2.48. The Kier molecular flexibility index (Phi) is 7.58. The summed E-state index contributed by atoms with van der Waals surface area (Å²) in [6.45, 7) is 5.07. The summed E-state index contributed by atoms with van der Waals surface area (Å²) >= 11 is 6.68. The zero-order valence-corrected chi connectivity index (χ0v) is 24.8. The van der Waals surface area contributed by atoms with Gasteiger partial charge in [-0.1, -0.05) is 48.2 Å². The molecule has 2 aliphatic heterocycles. The summed E-state index contributed by atoms with van der Waals surface area (Å²) in [6.07, 6.45) is 3.20. The number of nitrogens with zero attached hydrogens (tertiary/aromatic N) is 7. The standard InChI is InChI=1S/C29H29N7O4S2/c1-19-24(28(40)36(31(19)2)20-8-4-3-5-9-20)35-27(39)22(42-29(35)41)18-21-25(33-14-12-32(13-15-33)16-17-37)30-23-10-6-7-11-34(23)26(21)38/h3-11,18,37H,12-17H2,1-2H3/b22-18+. The Morgan fingerprint density at radius 3 is 2.43 bits per heavy atom. The maximum absolute atomic E-state index is 13.9. The van der Waals surface area contributed by atoms with Gasteiger partial charge in [-0.3, -0.25) is 33.3 Å². The van der Waals surface area contributed by atoms with E-state index < -0.39 is 5.91 Å². The van der Waals surface area contributed by atoms with E-state index in [4.69, 9.17) is 17.2 Å². The average molecular weight is 604 g/mol. The van der Waals surface area contributed by atoms with Crippen LogP contribution in [0.25, 0.3) is 17.4 Å². The fraction of sp³-hybridized carbons (Fsp3) is 0.276. The summed E-state index contributed by atoms with van der Waals surface area (Å²) in [6, 6.07) is 14.5. The molecular weight excluding hydrogens is 574 g/mol. The Labute approximate surface area is 250 Å². The van der Waals surface area contributed by atoms with Crippen molar-refractivity contribution in [2.75, 3.05) is 49.1 Å². The average Bonchev–Trinajstić information content (AvgIpc) is 3.39. The zero-order valence-electron chi connectivity index (χ0n) is 23.1. The summed E-state index contributed by atoms with van der Waals surface area (Å²) in [5, 5.41) is 9.33. The van der Waals surface area contributed by atoms with Crippen LogP contribution in [0.3, 0.4) is 0 Å². The largest absolute Gasteiger partial charge is 0.395 e. The summed E-state index contributed by atoms with van der Waals surface area (Å²) < 4.78 is 4.87. The molecule has 2 saturated heterocycles. The van der Waals surface area contributed by atoms with Gasteiger partial charge in [0.15, 0.2) is 4.32 Å². The molecule has 0 bridgehead atoms. The van der Waals surface area contributed by atoms with E-state index in [-0.39, 0.29) is 38.2 Å². The van der Waals surface area contributed by atoms with E-state index in [0.29, 0.717) is 55.6 Å². The molecule has 0 spiro atoms. The van der Waals surface area contributed by atoms with Crippen molar-refractivity contribution in [1.82, 2.24) is 23.6 Å². The molecule has 1 N–H and O–H groups in total. The van der Waals surface area contributed by atoms with Gasteiger partial charge in [-0.05, 0) is 37.3 Å². The number of carbonyl (C=O) groups is 1. The third-order valence-electron chi connectivity index (χ3n) is 7.65. The quantitative estimate of drug-likeness (QED) is 0.262. The van der Waals surface area contributed by atoms with Gasteiger partial charge in [0.05, 0.1) is 28.5 Å². The second-order valence-electron chi connectivity index (χ2n) is 10.1. The number of piperazine rings is 1. The number of thioether (sulfide) groups is 1. The lowest BCUT2D eigenvalue weighted by Gasteiger charge is -2.35. The van der Waals surface area contributed by atoms with Crippen LogP contribution in [0.5, 0.6) is 0 Å². The maximum Gasteiger partial charge on any atom is 0.296 e. The number of rotatable bonds is 6. The Balaban J connectivity index is 1.42. The van der Waals surface area contributed by atoms with Crippen molar-refractivity contribution in [2.24, 2.45) is 7.05 Å². The molecule has 0 atom stereocenters. The van der Waals surface area contributed by atoms with Crippen molar-refractivity contribution in [3.05, 3.63) is 91.6 Å². The van der Waals surface area contributed by atoms with Crippen LogP contribution in [0.4, 0.5) is 11.5 Å². The smallest absolute Gasteiger partial charge is 0.296 e. The van der Waals surface area contributed by atoms with Gasteiger partial charge in [-0.25, -0.2) is 9.67 Å². The number of benzene rings is 1. The topological polar surface area (TPSA) is 108 Å². The fourth-order valence-corrected chi connectivity index (χ4v) is 6.64. The monoisotopic (exact) mass is 603 g/mol. The summed E-state index contributed by atoms with van der Waals surface area (Å²) in [5.74, 6) is 0.0229. The number of amides is 1. The molecule has 11 nitrogen and oxygen atoms in total. The first kappa shape index (κ1) is 28.1. The van der Waals surface area contributed by atoms with Crippen molar-refractivity contribution >= 4 is 57.4 Å². The number of para-hydroxylation sites is 1. The minimum Gasteiger partial charge on any atom is -0.395 e. The van der Waals surface area contributed by atoms with E-state index in [0.717, 1.165) is 11.8 Å². The van der Waals surface area contributed by atoms with Gasteiger partial charge in [0.1, 0.15) is 17.2 Å². The van der Waals surface area contributed by atoms with Crippen molar-refractivity contribution in [1.29, 1.82) is 0 Å². The van der Waals surface area contributed by atoms with Crippen molar-refractivity contribution in [3.63, 3.8) is 0 Å². The van der Waals surface area contributed by atoms with Gasteiger partial charge in [-0.15, -0.1) is 0 Å². The van der Waals surface area contributed by atoms with Crippen LogP contribution in [-0.4, -0.2) is 78.3 Å². The minimum atomic E-state index is -0.465. The number of fused-ring (bicyclic) bond motifs is 1. The number of anilines is 2. The Hall–Kier alpha value is -4.04. The van der Waals surface area contributed by atoms with Gasteiger partial charge in [0.2, 0.25) is 0 Å². The number of hydrogen-bond donors (Lipinski definition) is 1. The van der Waals surface area contributed by atoms with E-state index in [1.807, 2.05) is 41.3 Å². The van der Waals surface area contributed by atoms with Gasteiger partial charge >= 0.3 is 0 Å². The molecule has 0 unspecified atom stereocenters. The first-order chi connectivity index (χ1) is 20.3. The number of carbonyl (C=O) groups excluding carboxylic acids is 1. The van der Waals surface area contributed by atoms with E-state index in [1.54, 1.807) is 43.1 Å². The molecule has 0 radical (unpaired) electrons. The van der Waals surface area contributed by atoms with Crippen molar-refractivity contribution in [3.8, 4) is 5.69 Å². The van der Waals surface area contributed by atoms with Gasteiger partial charge in [-0.2, -0.15) is 0 Å². The number of aliphatic hydroxyl groups is 1. The number of aliphatic hydroxyl groups excluding tert-OH is 1. The van der Waals surface area contributed by atoms with Crippen LogP contribution in [0.1, 0.15) is 11.3 Å². The lowest BCUT2D eigenvalue weighted by molar-refractivity contribution is -0.113. The highest BCUT2D eigenvalue weighted by molar-refractivity contribution is 8.27. The number of pyridine rings is 1. The predicted molar refractivity (Wildman–Crippen MR) is 169 cm³/mol. The summed E-state index contributed by atoms with van der Waals surface area (Å²) in [4.78, 5) is 51.8. The molecule has 216 valence electrons. The van der Waals surface area contributed by atoms with E-state index >= 15 is 0 Å². The summed E-state index contributed by atoms with van der Waals surface area (Å²) in [7, 11) is 1.76. The molecule has 42 heavy (non-hydrogen) atoms. The Morgan fingerprint density at radius 2 is 1.71 bits per heavy atom. The third-order valence-corrected chi connectivity index (χ3v) is 8.96. The number of aromatic nitrogens is 4. The van der Waals surface area contributed by atoms with Gasteiger partial charge in [0.25, 0.3) is 17.0 Å². The molecule has 1 amide bonds. The van der Waals surface area contributed by atoms with E-state index in [1.165, 1.54) is 14.0 Å². The lowest BCUT2D eigenvalue weighted by atomic mass is 10.2. The number of hydrogen-bond acceptors (Lipinski definition) is 9. The van der Waals surface area contributed by atoms with Gasteiger partial charge < -0.3 is 10.0 Å². The molecule has 13 heteroatoms. The molecule has 4 aromatic rings. The Bertz CT molecular complexity index is 1850. The van der Waals surface area contributed by atoms with E-state index in [9.17, 15) is 19.5 Å². The predicted octanol–water partition coefficient (Wildman–Crippen LogP) is 2.01. The molecule has 3 aromatic heterocycles. The zero-order chi connectivity index (χ0) is 29.5. The molecule has 6 rings (SSSR count). The highest BCUT2D eigenvalue weighted by atomic mass is 32.2. The highest BCUT2D eigenvalue weighted by Gasteiger charge is 2.38. The Morgan fingerprint density at radius 1 is 1.00 bits per heavy atom. The van der Waals surface area contributed by atoms with Crippen molar-refractivity contribution in [2.45, 2.75) is 6.92 Å². The normalized spacial score (nSPS) is 17.3. The molecule has 5 heterocycles. The number of thiocarbonyl (C=S) groups is 1. The van der Waals surface area contributed by atoms with Crippen LogP contribution >= 0.6 is 24.0 Å². The molecule has 2 fully saturated rings. The first-order valence-corrected chi connectivity index (χ1v) is 14.7. The van der Waals surface area contributed by atoms with Crippen LogP contribution < -0.4 is 20.9 Å². The van der Waals surface area contributed by atoms with Gasteiger partial charge in [0, 0.05) is 46.0 Å². The van der Waals surface area contributed by atoms with E-state index in [2.05, 4.69) is 4.90 Å². The van der Waals surface area contributed by atoms with Crippen LogP contribution in [0, 0.1) is 6.92 Å². The molecule has 1 aromatic carbocycles. The molecule has 0 saturated carbocycles. The molecule has 2 aliphatic rings. The van der Waals surface area contributed by atoms with Crippen LogP contribution in [-0.2, 0) is 11.8 Å². The third kappa shape index (κ3) is 4.77. The molecule has 0 aliphatic carbocycles. The summed E-state index contributed by atoms with van der Waals surface area (Å²) in [5.41, 5.74) is 1.53. The minimum absolute atomic E-state index is 0.0833. The second-order valence-corrected chi connectivity index (χ2v) is 11.7.